The molecule has 0 bridgehead atoms. The van der Waals surface area contributed by atoms with Gasteiger partial charge in [-0.15, -0.1) is 0 Å². The Balaban J connectivity index is 2.59. The van der Waals surface area contributed by atoms with Crippen molar-refractivity contribution in [1.29, 1.82) is 0 Å². The number of unbranched alkanes of at least 4 members (excludes halogenated alkanes) is 15. The number of phosphoric ester groups is 2. The van der Waals surface area contributed by atoms with Gasteiger partial charge in [-0.05, 0) is 32.1 Å². The van der Waals surface area contributed by atoms with Crippen LogP contribution in [0.5, 0.6) is 0 Å². The summed E-state index contributed by atoms with van der Waals surface area (Å²) in [5, 5.41) is 30.5. The third-order valence-corrected chi connectivity index (χ3v) is 11.6. The van der Waals surface area contributed by atoms with E-state index in [9.17, 15) is 43.7 Å². The minimum Gasteiger partial charge on any atom is -0.462 e. The molecule has 6 N–H and O–H groups in total. The van der Waals surface area contributed by atoms with Crippen molar-refractivity contribution in [3.63, 3.8) is 0 Å². The zero-order valence-electron chi connectivity index (χ0n) is 36.0. The summed E-state index contributed by atoms with van der Waals surface area (Å²) in [6.07, 6.45) is 22.5. The first-order valence-electron chi connectivity index (χ1n) is 22.1. The van der Waals surface area contributed by atoms with Gasteiger partial charge in [0.05, 0.1) is 32.0 Å². The third-order valence-electron chi connectivity index (χ3n) is 10.2. The van der Waals surface area contributed by atoms with Gasteiger partial charge >= 0.3 is 27.6 Å². The molecule has 1 aliphatic carbocycles. The van der Waals surface area contributed by atoms with Crippen LogP contribution >= 0.6 is 15.6 Å². The van der Waals surface area contributed by atoms with Crippen LogP contribution in [-0.2, 0) is 46.6 Å². The molecule has 1 aliphatic rings. The van der Waals surface area contributed by atoms with Gasteiger partial charge in [-0.3, -0.25) is 28.0 Å². The van der Waals surface area contributed by atoms with Crippen molar-refractivity contribution < 1.29 is 76.6 Å². The van der Waals surface area contributed by atoms with Crippen LogP contribution in [-0.4, -0.2) is 98.6 Å². The van der Waals surface area contributed by atoms with Gasteiger partial charge in [0, 0.05) is 31.1 Å². The van der Waals surface area contributed by atoms with E-state index >= 15 is 0 Å². The van der Waals surface area contributed by atoms with Gasteiger partial charge < -0.3 is 39.5 Å². The number of aliphatic hydroxyl groups excluding tert-OH is 3. The van der Waals surface area contributed by atoms with Crippen LogP contribution in [0.1, 0.15) is 162 Å². The molecule has 1 saturated carbocycles. The van der Waals surface area contributed by atoms with E-state index in [0.29, 0.717) is 32.1 Å². The van der Waals surface area contributed by atoms with Crippen molar-refractivity contribution in [1.82, 2.24) is 0 Å². The fraction of sp³-hybridized carbons (Fsp3) is 0.833. The van der Waals surface area contributed by atoms with E-state index in [4.69, 9.17) is 23.8 Å². The first-order valence-corrected chi connectivity index (χ1v) is 25.2. The summed E-state index contributed by atoms with van der Waals surface area (Å²) < 4.78 is 47.7. The first-order chi connectivity index (χ1) is 28.6. The van der Waals surface area contributed by atoms with E-state index < -0.39 is 90.3 Å². The zero-order chi connectivity index (χ0) is 44.7. The molecule has 0 heterocycles. The maximum atomic E-state index is 12.8. The standard InChI is InChI=1S/C42H76O16P2/c1-3-5-7-8-9-10-11-12-13-14-15-16-21-25-41(47)54-32-36(33-57-60(52,53)56-31-35(44)30-55-59(49,50)51)58-42(48)26-22-18-17-20-24-37-38(40(46)29-39(37)45)28-27-34(43)23-19-6-4-2/h17,20,27-28,34-38,40,43-44,46H,3-16,18-19,21-26,29-33H2,1-2H3,(H,52,53)(H2,49,50,51)/b20-17-,28-27+/t34-,35-,36+,37+,38+,40+/m0/s1. The van der Waals surface area contributed by atoms with Crippen molar-refractivity contribution in [2.75, 3.05) is 26.4 Å². The number of ether oxygens (including phenoxy) is 2. The van der Waals surface area contributed by atoms with Crippen molar-refractivity contribution >= 4 is 33.4 Å². The Morgan fingerprint density at radius 3 is 1.88 bits per heavy atom. The van der Waals surface area contributed by atoms with E-state index in [-0.39, 0.29) is 25.0 Å². The Kier molecular flexibility index (Phi) is 31.6. The van der Waals surface area contributed by atoms with E-state index in [0.717, 1.165) is 44.9 Å². The Morgan fingerprint density at radius 2 is 1.27 bits per heavy atom. The lowest BCUT2D eigenvalue weighted by molar-refractivity contribution is -0.161. The lowest BCUT2D eigenvalue weighted by Crippen LogP contribution is -2.29. The SMILES string of the molecule is CCCCCCCCCCCCCCCC(=O)OC[C@H](COP(=O)(O)OC[C@@H](O)COP(=O)(O)O)OC(=O)CCC/C=C\C[C@H]1C(=O)C[C@@H](O)[C@@H]1/C=C/[C@@H](O)CCCCC. The van der Waals surface area contributed by atoms with Crippen molar-refractivity contribution in [3.05, 3.63) is 24.3 Å². The van der Waals surface area contributed by atoms with Crippen LogP contribution in [0.25, 0.3) is 0 Å². The topological polar surface area (TPSA) is 253 Å². The maximum Gasteiger partial charge on any atom is 0.472 e. The van der Waals surface area contributed by atoms with Gasteiger partial charge in [-0.1, -0.05) is 134 Å². The number of rotatable bonds is 38. The first kappa shape index (κ1) is 56.2. The number of phosphoric acid groups is 2. The normalized spacial score (nSPS) is 19.8. The monoisotopic (exact) mass is 898 g/mol. The van der Waals surface area contributed by atoms with Crippen molar-refractivity contribution in [2.45, 2.75) is 186 Å². The molecule has 0 aliphatic heterocycles. The van der Waals surface area contributed by atoms with Crippen LogP contribution in [0.3, 0.4) is 0 Å². The lowest BCUT2D eigenvalue weighted by Gasteiger charge is -2.20. The lowest BCUT2D eigenvalue weighted by atomic mass is 9.90. The largest absolute Gasteiger partial charge is 0.472 e. The second-order valence-corrected chi connectivity index (χ2v) is 18.4. The highest BCUT2D eigenvalue weighted by atomic mass is 31.2. The summed E-state index contributed by atoms with van der Waals surface area (Å²) in [6, 6.07) is 0. The van der Waals surface area contributed by atoms with Gasteiger partial charge in [0.25, 0.3) is 0 Å². The van der Waals surface area contributed by atoms with E-state index in [1.165, 1.54) is 51.4 Å². The number of carbonyl (C=O) groups excluding carboxylic acids is 3. The maximum absolute atomic E-state index is 12.8. The zero-order valence-corrected chi connectivity index (χ0v) is 37.8. The van der Waals surface area contributed by atoms with Crippen LogP contribution in [0.4, 0.5) is 0 Å². The molecule has 60 heavy (non-hydrogen) atoms. The molecule has 7 atom stereocenters. The van der Waals surface area contributed by atoms with E-state index in [2.05, 4.69) is 22.9 Å². The summed E-state index contributed by atoms with van der Waals surface area (Å²) in [6.45, 7) is 1.35. The molecule has 0 aromatic carbocycles. The second-order valence-electron chi connectivity index (χ2n) is 15.8. The van der Waals surface area contributed by atoms with Crippen LogP contribution in [0.2, 0.25) is 0 Å². The fourth-order valence-corrected chi connectivity index (χ4v) is 7.90. The summed E-state index contributed by atoms with van der Waals surface area (Å²) in [5.41, 5.74) is 0. The Labute approximate surface area is 357 Å². The molecule has 0 saturated heterocycles. The highest BCUT2D eigenvalue weighted by Gasteiger charge is 2.39. The minimum atomic E-state index is -4.90. The summed E-state index contributed by atoms with van der Waals surface area (Å²) in [5.74, 6) is -2.09. The molecular formula is C42H76O16P2. The predicted octanol–water partition coefficient (Wildman–Crippen LogP) is 7.71. The molecule has 1 rings (SSSR count). The van der Waals surface area contributed by atoms with Gasteiger partial charge in [0.15, 0.2) is 6.10 Å². The molecule has 0 spiro atoms. The number of hydrogen-bond acceptors (Lipinski definition) is 13. The van der Waals surface area contributed by atoms with Gasteiger partial charge in [0.2, 0.25) is 0 Å². The van der Waals surface area contributed by atoms with Crippen molar-refractivity contribution in [3.8, 4) is 0 Å². The summed E-state index contributed by atoms with van der Waals surface area (Å²) >= 11 is 0. The molecule has 0 aromatic heterocycles. The Hall–Kier alpha value is -1.81. The molecule has 0 radical (unpaired) electrons. The average molecular weight is 899 g/mol. The second kappa shape index (κ2) is 33.7. The molecule has 1 fully saturated rings. The summed E-state index contributed by atoms with van der Waals surface area (Å²) in [7, 11) is -9.78. The fourth-order valence-electron chi connectivity index (χ4n) is 6.74. The Bertz CT molecular complexity index is 1320. The predicted molar refractivity (Wildman–Crippen MR) is 226 cm³/mol. The number of hydrogen-bond donors (Lipinski definition) is 6. The van der Waals surface area contributed by atoms with Gasteiger partial charge in [0.1, 0.15) is 18.5 Å². The van der Waals surface area contributed by atoms with Crippen LogP contribution in [0, 0.1) is 11.8 Å². The van der Waals surface area contributed by atoms with Crippen molar-refractivity contribution in [2.24, 2.45) is 11.8 Å². The Morgan fingerprint density at radius 1 is 0.717 bits per heavy atom. The van der Waals surface area contributed by atoms with Crippen LogP contribution in [0.15, 0.2) is 24.3 Å². The number of aliphatic hydroxyl groups is 3. The molecule has 16 nitrogen and oxygen atoms in total. The molecular weight excluding hydrogens is 822 g/mol. The molecule has 18 heteroatoms. The quantitative estimate of drug-likeness (QED) is 0.0150. The van der Waals surface area contributed by atoms with Gasteiger partial charge in [-0.25, -0.2) is 9.13 Å². The number of esters is 2. The number of ketones is 1. The molecule has 0 amide bonds. The van der Waals surface area contributed by atoms with Gasteiger partial charge in [-0.2, -0.15) is 0 Å². The molecule has 350 valence electrons. The highest BCUT2D eigenvalue weighted by Crippen LogP contribution is 2.44. The van der Waals surface area contributed by atoms with Crippen LogP contribution < -0.4 is 0 Å². The number of carbonyl (C=O) groups is 3. The number of Topliss-reactive ketones (excluding diaryl/α,β-unsaturated/α-hetero) is 1. The average Bonchev–Trinajstić information content (AvgIpc) is 3.46. The van der Waals surface area contributed by atoms with E-state index in [1.54, 1.807) is 12.2 Å². The highest BCUT2D eigenvalue weighted by molar-refractivity contribution is 7.47. The minimum absolute atomic E-state index is 0.0490. The molecule has 1 unspecified atom stereocenters. The summed E-state index contributed by atoms with van der Waals surface area (Å²) in [4.78, 5) is 65.4. The third kappa shape index (κ3) is 30.3. The number of allylic oxidation sites excluding steroid dienone is 2. The van der Waals surface area contributed by atoms with E-state index in [1.807, 2.05) is 12.2 Å². The smallest absolute Gasteiger partial charge is 0.462 e. The molecule has 0 aromatic rings.